The number of nitro benzene ring substituents is 1. The van der Waals surface area contributed by atoms with Crippen LogP contribution in [0.5, 0.6) is 11.5 Å². The summed E-state index contributed by atoms with van der Waals surface area (Å²) >= 11 is 5.92. The Hall–Kier alpha value is -4.12. The van der Waals surface area contributed by atoms with Crippen LogP contribution in [-0.2, 0) is 27.2 Å². The maximum Gasteiger partial charge on any atom is 0.416 e. The van der Waals surface area contributed by atoms with Crippen LogP contribution in [0, 0.1) is 17.0 Å². The monoisotopic (exact) mass is 536 g/mol. The second kappa shape index (κ2) is 11.7. The molecule has 0 unspecified atom stereocenters. The standard InChI is InChI=1S/C25H20ClF3N2O6/c1-15-5-3-4-6-17(15)13-35-24(32)14-36-30-16(2)20-12-19(8-9-22(20)31(33)34)37-23-10-7-18(11-21(23)26)25(27,28)29/h3-12H,13-14H2,1-2H3/b30-16+. The summed E-state index contributed by atoms with van der Waals surface area (Å²) in [6.07, 6.45) is -4.58. The Morgan fingerprint density at radius 2 is 1.84 bits per heavy atom. The Bertz CT molecular complexity index is 1340. The number of rotatable bonds is 9. The summed E-state index contributed by atoms with van der Waals surface area (Å²) < 4.78 is 49.3. The number of esters is 1. The third-order valence-corrected chi connectivity index (χ3v) is 5.37. The first-order valence-corrected chi connectivity index (χ1v) is 11.0. The van der Waals surface area contributed by atoms with Gasteiger partial charge in [0, 0.05) is 6.07 Å². The Kier molecular flexibility index (Phi) is 8.72. The molecule has 0 bridgehead atoms. The van der Waals surface area contributed by atoms with Gasteiger partial charge in [0.1, 0.15) is 18.1 Å². The van der Waals surface area contributed by atoms with Gasteiger partial charge in [0.15, 0.2) is 0 Å². The second-order valence-corrected chi connectivity index (χ2v) is 8.13. The van der Waals surface area contributed by atoms with E-state index < -0.39 is 29.2 Å². The molecule has 194 valence electrons. The number of nitro groups is 1. The van der Waals surface area contributed by atoms with Crippen LogP contribution in [0.2, 0.25) is 5.02 Å². The first kappa shape index (κ1) is 27.5. The number of carbonyl (C=O) groups is 1. The van der Waals surface area contributed by atoms with Crippen molar-refractivity contribution in [3.63, 3.8) is 0 Å². The number of hydrogen-bond donors (Lipinski definition) is 0. The van der Waals surface area contributed by atoms with Crippen molar-refractivity contribution in [1.82, 2.24) is 0 Å². The fourth-order valence-corrected chi connectivity index (χ4v) is 3.34. The normalized spacial score (nSPS) is 11.7. The van der Waals surface area contributed by atoms with Crippen LogP contribution in [0.15, 0.2) is 65.8 Å². The lowest BCUT2D eigenvalue weighted by Crippen LogP contribution is -2.12. The molecule has 12 heteroatoms. The molecule has 3 aromatic carbocycles. The number of oxime groups is 1. The highest BCUT2D eigenvalue weighted by atomic mass is 35.5. The van der Waals surface area contributed by atoms with E-state index in [1.807, 2.05) is 31.2 Å². The van der Waals surface area contributed by atoms with Gasteiger partial charge in [-0.15, -0.1) is 0 Å². The summed E-state index contributed by atoms with van der Waals surface area (Å²) in [5.41, 5.74) is 0.541. The highest BCUT2D eigenvalue weighted by Crippen LogP contribution is 2.37. The zero-order chi connectivity index (χ0) is 27.2. The number of ether oxygens (including phenoxy) is 2. The quantitative estimate of drug-likeness (QED) is 0.128. The molecule has 0 heterocycles. The van der Waals surface area contributed by atoms with Crippen molar-refractivity contribution in [1.29, 1.82) is 0 Å². The van der Waals surface area contributed by atoms with Crippen LogP contribution in [0.4, 0.5) is 18.9 Å². The molecule has 0 aromatic heterocycles. The van der Waals surface area contributed by atoms with E-state index in [2.05, 4.69) is 5.16 Å². The minimum Gasteiger partial charge on any atom is -0.458 e. The van der Waals surface area contributed by atoms with Crippen molar-refractivity contribution in [3.8, 4) is 11.5 Å². The van der Waals surface area contributed by atoms with Gasteiger partial charge < -0.3 is 14.3 Å². The van der Waals surface area contributed by atoms with E-state index >= 15 is 0 Å². The predicted molar refractivity (Wildman–Crippen MR) is 129 cm³/mol. The Morgan fingerprint density at radius 3 is 2.49 bits per heavy atom. The lowest BCUT2D eigenvalue weighted by molar-refractivity contribution is -0.385. The summed E-state index contributed by atoms with van der Waals surface area (Å²) in [4.78, 5) is 27.8. The number of hydrogen-bond acceptors (Lipinski definition) is 7. The van der Waals surface area contributed by atoms with Crippen molar-refractivity contribution in [3.05, 3.63) is 98.1 Å². The van der Waals surface area contributed by atoms with Crippen molar-refractivity contribution in [2.75, 3.05) is 6.61 Å². The van der Waals surface area contributed by atoms with Crippen molar-refractivity contribution in [2.45, 2.75) is 26.6 Å². The summed E-state index contributed by atoms with van der Waals surface area (Å²) in [6, 6.07) is 13.6. The summed E-state index contributed by atoms with van der Waals surface area (Å²) in [6.45, 7) is 2.81. The minimum absolute atomic E-state index is 0.00110. The highest BCUT2D eigenvalue weighted by molar-refractivity contribution is 6.32. The lowest BCUT2D eigenvalue weighted by atomic mass is 10.1. The van der Waals surface area contributed by atoms with Gasteiger partial charge in [-0.1, -0.05) is 41.0 Å². The van der Waals surface area contributed by atoms with Gasteiger partial charge in [0.25, 0.3) is 5.69 Å². The molecule has 0 radical (unpaired) electrons. The van der Waals surface area contributed by atoms with Gasteiger partial charge in [0.2, 0.25) is 6.61 Å². The molecular weight excluding hydrogens is 517 g/mol. The van der Waals surface area contributed by atoms with Crippen molar-refractivity contribution >= 4 is 29.0 Å². The molecule has 0 aliphatic heterocycles. The average Bonchev–Trinajstić information content (AvgIpc) is 2.84. The molecular formula is C25H20ClF3N2O6. The van der Waals surface area contributed by atoms with Crippen LogP contribution in [0.25, 0.3) is 0 Å². The minimum atomic E-state index is -4.58. The van der Waals surface area contributed by atoms with Gasteiger partial charge in [0.05, 0.1) is 26.8 Å². The molecule has 0 saturated carbocycles. The Morgan fingerprint density at radius 1 is 1.11 bits per heavy atom. The SMILES string of the molecule is C/C(=N\OCC(=O)OCc1ccccc1C)c1cc(Oc2ccc(C(F)(F)F)cc2Cl)ccc1[N+](=O)[O-]. The fourth-order valence-electron chi connectivity index (χ4n) is 3.12. The maximum atomic E-state index is 12.9. The van der Waals surface area contributed by atoms with Crippen molar-refractivity contribution < 1.29 is 37.2 Å². The molecule has 0 atom stereocenters. The maximum absolute atomic E-state index is 12.9. The second-order valence-electron chi connectivity index (χ2n) is 7.72. The number of carbonyl (C=O) groups excluding carboxylic acids is 1. The Balaban J connectivity index is 1.71. The molecule has 0 aliphatic carbocycles. The van der Waals surface area contributed by atoms with E-state index in [9.17, 15) is 28.1 Å². The summed E-state index contributed by atoms with van der Waals surface area (Å²) in [5, 5.41) is 14.9. The zero-order valence-electron chi connectivity index (χ0n) is 19.5. The smallest absolute Gasteiger partial charge is 0.416 e. The van der Waals surface area contributed by atoms with E-state index in [0.717, 1.165) is 29.3 Å². The first-order valence-electron chi connectivity index (χ1n) is 10.7. The van der Waals surface area contributed by atoms with E-state index in [0.29, 0.717) is 6.07 Å². The molecule has 0 amide bonds. The molecule has 0 spiro atoms. The van der Waals surface area contributed by atoms with E-state index in [4.69, 9.17) is 25.9 Å². The first-order chi connectivity index (χ1) is 17.5. The largest absolute Gasteiger partial charge is 0.458 e. The molecule has 3 aromatic rings. The molecule has 8 nitrogen and oxygen atoms in total. The van der Waals surface area contributed by atoms with Gasteiger partial charge in [-0.2, -0.15) is 13.2 Å². The third kappa shape index (κ3) is 7.43. The van der Waals surface area contributed by atoms with Crippen LogP contribution in [0.1, 0.15) is 29.2 Å². The van der Waals surface area contributed by atoms with Gasteiger partial charge >= 0.3 is 12.1 Å². The third-order valence-electron chi connectivity index (χ3n) is 5.08. The number of nitrogens with zero attached hydrogens (tertiary/aromatic N) is 2. The molecule has 0 fully saturated rings. The van der Waals surface area contributed by atoms with E-state index in [1.165, 1.54) is 19.1 Å². The number of halogens is 4. The Labute approximate surface area is 214 Å². The number of alkyl halides is 3. The summed E-state index contributed by atoms with van der Waals surface area (Å²) in [5.74, 6) is -0.727. The molecule has 0 aliphatic rings. The average molecular weight is 537 g/mol. The highest BCUT2D eigenvalue weighted by Gasteiger charge is 2.31. The van der Waals surface area contributed by atoms with Crippen LogP contribution in [-0.4, -0.2) is 23.2 Å². The summed E-state index contributed by atoms with van der Waals surface area (Å²) in [7, 11) is 0. The van der Waals surface area contributed by atoms with Gasteiger partial charge in [-0.05, 0) is 55.3 Å². The van der Waals surface area contributed by atoms with Crippen LogP contribution >= 0.6 is 11.6 Å². The molecule has 3 rings (SSSR count). The number of benzene rings is 3. The van der Waals surface area contributed by atoms with Gasteiger partial charge in [-0.3, -0.25) is 10.1 Å². The van der Waals surface area contributed by atoms with E-state index in [-0.39, 0.29) is 40.1 Å². The topological polar surface area (TPSA) is 100 Å². The fraction of sp³-hybridized carbons (Fsp3) is 0.200. The van der Waals surface area contributed by atoms with Crippen LogP contribution < -0.4 is 4.74 Å². The molecule has 0 N–H and O–H groups in total. The van der Waals surface area contributed by atoms with Crippen molar-refractivity contribution in [2.24, 2.45) is 5.16 Å². The number of aryl methyl sites for hydroxylation is 1. The lowest BCUT2D eigenvalue weighted by Gasteiger charge is -2.12. The van der Waals surface area contributed by atoms with E-state index in [1.54, 1.807) is 0 Å². The van der Waals surface area contributed by atoms with Crippen LogP contribution in [0.3, 0.4) is 0 Å². The zero-order valence-corrected chi connectivity index (χ0v) is 20.3. The molecule has 0 saturated heterocycles. The van der Waals surface area contributed by atoms with Gasteiger partial charge in [-0.25, -0.2) is 4.79 Å². The molecule has 37 heavy (non-hydrogen) atoms. The predicted octanol–water partition coefficient (Wildman–Crippen LogP) is 6.85.